The maximum absolute atomic E-state index is 13.6. The number of imide groups is 1. The van der Waals surface area contributed by atoms with Gasteiger partial charge in [0.1, 0.15) is 10.6 Å². The molecule has 4 rings (SSSR count). The fourth-order valence-electron chi connectivity index (χ4n) is 5.42. The highest BCUT2D eigenvalue weighted by atomic mass is 32.2. The molecule has 2 aliphatic heterocycles. The molecule has 3 fully saturated rings. The Kier molecular flexibility index (Phi) is 6.40. The number of amides is 2. The van der Waals surface area contributed by atoms with E-state index in [0.717, 1.165) is 51.4 Å². The van der Waals surface area contributed by atoms with Crippen molar-refractivity contribution >= 4 is 21.8 Å². The van der Waals surface area contributed by atoms with Crippen LogP contribution < -0.4 is 4.74 Å². The van der Waals surface area contributed by atoms with Crippen LogP contribution in [0.4, 0.5) is 0 Å². The maximum atomic E-state index is 13.6. The molecule has 1 saturated carbocycles. The number of carbonyl (C=O) groups is 2. The van der Waals surface area contributed by atoms with Gasteiger partial charge in [0.15, 0.2) is 0 Å². The zero-order valence-electron chi connectivity index (χ0n) is 18.4. The molecule has 0 aromatic heterocycles. The third-order valence-electron chi connectivity index (χ3n) is 7.13. The predicted molar refractivity (Wildman–Crippen MR) is 116 cm³/mol. The lowest BCUT2D eigenvalue weighted by Crippen LogP contribution is -2.43. The van der Waals surface area contributed by atoms with E-state index in [1.54, 1.807) is 22.5 Å². The quantitative estimate of drug-likeness (QED) is 0.624. The second-order valence-electron chi connectivity index (χ2n) is 8.92. The Morgan fingerprint density at radius 3 is 2.26 bits per heavy atom. The number of methoxy groups -OCH3 is 1. The first-order chi connectivity index (χ1) is 14.9. The van der Waals surface area contributed by atoms with E-state index in [9.17, 15) is 18.0 Å². The predicted octanol–water partition coefficient (Wildman–Crippen LogP) is 3.32. The largest absolute Gasteiger partial charge is 0.495 e. The zero-order chi connectivity index (χ0) is 22.2. The van der Waals surface area contributed by atoms with Crippen LogP contribution in [0.25, 0.3) is 0 Å². The molecule has 3 unspecified atom stereocenters. The van der Waals surface area contributed by atoms with Crippen LogP contribution >= 0.6 is 0 Å². The van der Waals surface area contributed by atoms with Gasteiger partial charge in [-0.1, -0.05) is 32.3 Å². The lowest BCUT2D eigenvalue weighted by molar-refractivity contribution is -0.140. The molecule has 0 bridgehead atoms. The van der Waals surface area contributed by atoms with Crippen LogP contribution in [0.5, 0.6) is 5.75 Å². The van der Waals surface area contributed by atoms with E-state index >= 15 is 0 Å². The summed E-state index contributed by atoms with van der Waals surface area (Å²) in [6.45, 7) is 2.62. The summed E-state index contributed by atoms with van der Waals surface area (Å²) in [6, 6.07) is 4.94. The molecule has 0 radical (unpaired) electrons. The first-order valence-corrected chi connectivity index (χ1v) is 12.9. The van der Waals surface area contributed by atoms with Crippen molar-refractivity contribution in [3.63, 3.8) is 0 Å². The number of likely N-dealkylation sites (tertiary alicyclic amines) is 1. The minimum atomic E-state index is -3.75. The Balaban J connectivity index is 1.64. The molecule has 3 atom stereocenters. The highest BCUT2D eigenvalue weighted by Crippen LogP contribution is 2.39. The van der Waals surface area contributed by atoms with E-state index in [1.165, 1.54) is 12.0 Å². The van der Waals surface area contributed by atoms with Gasteiger partial charge in [-0.15, -0.1) is 0 Å². The zero-order valence-corrected chi connectivity index (χ0v) is 19.2. The number of benzene rings is 1. The van der Waals surface area contributed by atoms with Crippen LogP contribution in [0.2, 0.25) is 0 Å². The van der Waals surface area contributed by atoms with E-state index < -0.39 is 10.0 Å². The van der Waals surface area contributed by atoms with E-state index in [2.05, 4.69) is 0 Å². The average molecular weight is 449 g/mol. The van der Waals surface area contributed by atoms with Crippen LogP contribution in [0, 0.1) is 11.8 Å². The molecule has 2 amide bonds. The first-order valence-electron chi connectivity index (χ1n) is 11.4. The molecule has 0 N–H and O–H groups in total. The SMILES string of the molecule is CCC1CCCCN1S(=O)(=O)c1cc(CN2C(=O)C3CCCCC3C2=O)ccc1OC. The van der Waals surface area contributed by atoms with Gasteiger partial charge in [-0.25, -0.2) is 8.42 Å². The molecule has 170 valence electrons. The van der Waals surface area contributed by atoms with E-state index in [-0.39, 0.29) is 46.9 Å². The van der Waals surface area contributed by atoms with Crippen LogP contribution in [0.15, 0.2) is 23.1 Å². The van der Waals surface area contributed by atoms with E-state index in [4.69, 9.17) is 4.74 Å². The van der Waals surface area contributed by atoms with Gasteiger partial charge >= 0.3 is 0 Å². The number of ether oxygens (including phenoxy) is 1. The topological polar surface area (TPSA) is 84.0 Å². The van der Waals surface area contributed by atoms with Crippen molar-refractivity contribution in [1.29, 1.82) is 0 Å². The summed E-state index contributed by atoms with van der Waals surface area (Å²) >= 11 is 0. The summed E-state index contributed by atoms with van der Waals surface area (Å²) < 4.78 is 34.1. The second-order valence-corrected chi connectivity index (χ2v) is 10.8. The monoisotopic (exact) mass is 448 g/mol. The van der Waals surface area contributed by atoms with Gasteiger partial charge in [0.25, 0.3) is 0 Å². The standard InChI is InChI=1S/C23H32N2O5S/c1-3-17-8-6-7-13-25(17)31(28,29)21-14-16(11-12-20(21)30-2)15-24-22(26)18-9-4-5-10-19(18)23(24)27/h11-12,14,17-19H,3-10,13,15H2,1-2H3. The third-order valence-corrected chi connectivity index (χ3v) is 9.11. The Hall–Kier alpha value is -1.93. The molecular formula is C23H32N2O5S. The van der Waals surface area contributed by atoms with Crippen molar-refractivity contribution in [2.45, 2.75) is 75.8 Å². The Morgan fingerprint density at radius 2 is 1.65 bits per heavy atom. The number of sulfonamides is 1. The van der Waals surface area contributed by atoms with Crippen molar-refractivity contribution in [2.24, 2.45) is 11.8 Å². The first kappa shape index (κ1) is 22.3. The summed E-state index contributed by atoms with van der Waals surface area (Å²) in [5.74, 6) is -0.353. The van der Waals surface area contributed by atoms with Crippen LogP contribution in [-0.4, -0.2) is 49.1 Å². The molecule has 3 aliphatic rings. The molecule has 7 nitrogen and oxygen atoms in total. The van der Waals surface area contributed by atoms with Crippen molar-refractivity contribution in [2.75, 3.05) is 13.7 Å². The molecular weight excluding hydrogens is 416 g/mol. The number of nitrogens with zero attached hydrogens (tertiary/aromatic N) is 2. The van der Waals surface area contributed by atoms with Crippen molar-refractivity contribution in [3.05, 3.63) is 23.8 Å². The van der Waals surface area contributed by atoms with Gasteiger partial charge < -0.3 is 4.74 Å². The molecule has 2 saturated heterocycles. The number of hydrogen-bond acceptors (Lipinski definition) is 5. The number of hydrogen-bond donors (Lipinski definition) is 0. The molecule has 0 spiro atoms. The van der Waals surface area contributed by atoms with Gasteiger partial charge in [-0.05, 0) is 49.8 Å². The van der Waals surface area contributed by atoms with E-state index in [1.807, 2.05) is 6.92 Å². The highest BCUT2D eigenvalue weighted by Gasteiger charge is 2.48. The fourth-order valence-corrected chi connectivity index (χ4v) is 7.39. The summed E-state index contributed by atoms with van der Waals surface area (Å²) in [5.41, 5.74) is 0.629. The highest BCUT2D eigenvalue weighted by molar-refractivity contribution is 7.89. The Morgan fingerprint density at radius 1 is 1.00 bits per heavy atom. The maximum Gasteiger partial charge on any atom is 0.247 e. The molecule has 1 aromatic rings. The third kappa shape index (κ3) is 4.00. The molecule has 8 heteroatoms. The summed E-state index contributed by atoms with van der Waals surface area (Å²) in [7, 11) is -2.29. The fraction of sp³-hybridized carbons (Fsp3) is 0.652. The summed E-state index contributed by atoms with van der Waals surface area (Å²) in [4.78, 5) is 27.1. The molecule has 31 heavy (non-hydrogen) atoms. The van der Waals surface area contributed by atoms with E-state index in [0.29, 0.717) is 12.1 Å². The van der Waals surface area contributed by atoms with Gasteiger partial charge in [0.05, 0.1) is 25.5 Å². The summed E-state index contributed by atoms with van der Waals surface area (Å²) in [5, 5.41) is 0. The number of rotatable bonds is 6. The van der Waals surface area contributed by atoms with Gasteiger partial charge in [0, 0.05) is 12.6 Å². The van der Waals surface area contributed by atoms with Gasteiger partial charge in [-0.3, -0.25) is 14.5 Å². The normalized spacial score (nSPS) is 27.4. The average Bonchev–Trinajstić information content (AvgIpc) is 3.04. The second kappa shape index (κ2) is 8.90. The van der Waals surface area contributed by atoms with Crippen molar-refractivity contribution in [3.8, 4) is 5.75 Å². The lowest BCUT2D eigenvalue weighted by atomic mass is 9.81. The van der Waals surface area contributed by atoms with Crippen LogP contribution in [0.3, 0.4) is 0 Å². The lowest BCUT2D eigenvalue weighted by Gasteiger charge is -2.34. The number of piperidine rings is 1. The minimum Gasteiger partial charge on any atom is -0.495 e. The van der Waals surface area contributed by atoms with Crippen LogP contribution in [0.1, 0.15) is 63.9 Å². The van der Waals surface area contributed by atoms with Crippen LogP contribution in [-0.2, 0) is 26.2 Å². The molecule has 2 heterocycles. The van der Waals surface area contributed by atoms with Crippen molar-refractivity contribution in [1.82, 2.24) is 9.21 Å². The Bertz CT molecular complexity index is 937. The summed E-state index contributed by atoms with van der Waals surface area (Å²) in [6.07, 6.45) is 6.99. The van der Waals surface area contributed by atoms with Gasteiger partial charge in [-0.2, -0.15) is 4.31 Å². The minimum absolute atomic E-state index is 0.0167. The molecule has 1 aliphatic carbocycles. The number of fused-ring (bicyclic) bond motifs is 1. The Labute approximate surface area is 184 Å². The van der Waals surface area contributed by atoms with Crippen molar-refractivity contribution < 1.29 is 22.7 Å². The number of carbonyl (C=O) groups excluding carboxylic acids is 2. The smallest absolute Gasteiger partial charge is 0.247 e. The van der Waals surface area contributed by atoms with Gasteiger partial charge in [0.2, 0.25) is 21.8 Å². The molecule has 1 aromatic carbocycles.